The summed E-state index contributed by atoms with van der Waals surface area (Å²) in [4.78, 5) is 17.0. The third-order valence-corrected chi connectivity index (χ3v) is 7.50. The molecule has 2 bridgehead atoms. The molecule has 3 fully saturated rings. The number of carbonyl (C=O) groups is 1. The van der Waals surface area contributed by atoms with Gasteiger partial charge in [0, 0.05) is 63.1 Å². The van der Waals surface area contributed by atoms with E-state index in [0.717, 1.165) is 36.5 Å². The summed E-state index contributed by atoms with van der Waals surface area (Å²) in [6.07, 6.45) is 2.30. The highest BCUT2D eigenvalue weighted by molar-refractivity contribution is 5.77. The van der Waals surface area contributed by atoms with Crippen molar-refractivity contribution in [3.8, 4) is 17.0 Å². The Kier molecular flexibility index (Phi) is 6.77. The Morgan fingerprint density at radius 3 is 2.60 bits per heavy atom. The molecule has 1 unspecified atom stereocenters. The Labute approximate surface area is 207 Å². The number of benzene rings is 2. The quantitative estimate of drug-likeness (QED) is 0.542. The van der Waals surface area contributed by atoms with E-state index < -0.39 is 0 Å². The summed E-state index contributed by atoms with van der Waals surface area (Å²) >= 11 is 0. The van der Waals surface area contributed by atoms with Crippen LogP contribution in [0.5, 0.6) is 5.75 Å². The lowest BCUT2D eigenvalue weighted by molar-refractivity contribution is -0.123. The molecule has 0 aliphatic carbocycles. The Morgan fingerprint density at radius 1 is 1.14 bits per heavy atom. The second-order valence-corrected chi connectivity index (χ2v) is 9.96. The molecule has 3 aliphatic rings. The number of hydrogen-bond acceptors (Lipinski definition) is 5. The zero-order chi connectivity index (χ0) is 24.4. The van der Waals surface area contributed by atoms with Crippen molar-refractivity contribution in [2.75, 3.05) is 45.2 Å². The Balaban J connectivity index is 1.18. The summed E-state index contributed by atoms with van der Waals surface area (Å²) < 4.78 is 7.65. The van der Waals surface area contributed by atoms with Crippen LogP contribution in [0.3, 0.4) is 0 Å². The molecule has 0 radical (unpaired) electrons. The van der Waals surface area contributed by atoms with E-state index >= 15 is 0 Å². The zero-order valence-corrected chi connectivity index (χ0v) is 20.9. The molecule has 1 N–H and O–H groups in total. The minimum atomic E-state index is -0.0652. The number of amides is 1. The van der Waals surface area contributed by atoms with Crippen molar-refractivity contribution in [3.63, 3.8) is 0 Å². The molecule has 4 heterocycles. The molecule has 3 aliphatic heterocycles. The van der Waals surface area contributed by atoms with Crippen LogP contribution in [0.15, 0.2) is 60.7 Å². The molecule has 4 atom stereocenters. The number of fused-ring (bicyclic) bond motifs is 3. The molecule has 3 aromatic rings. The predicted octanol–water partition coefficient (Wildman–Crippen LogP) is 3.53. The lowest BCUT2D eigenvalue weighted by atomic mass is 9.74. The molecule has 0 saturated carbocycles. The number of ether oxygens (including phenoxy) is 1. The molecule has 3 saturated heterocycles. The summed E-state index contributed by atoms with van der Waals surface area (Å²) in [7, 11) is 6.17. The Hall–Kier alpha value is -3.32. The van der Waals surface area contributed by atoms with Crippen LogP contribution >= 0.6 is 0 Å². The summed E-state index contributed by atoms with van der Waals surface area (Å²) in [5, 5.41) is 7.94. The lowest BCUT2D eigenvalue weighted by Crippen LogP contribution is -2.56. The van der Waals surface area contributed by atoms with Crippen LogP contribution in [-0.4, -0.2) is 67.0 Å². The van der Waals surface area contributed by atoms with Crippen molar-refractivity contribution in [3.05, 3.63) is 66.4 Å². The molecule has 6 rings (SSSR count). The van der Waals surface area contributed by atoms with Gasteiger partial charge in [0.05, 0.1) is 5.69 Å². The number of carbonyl (C=O) groups excluding carboxylic acids is 1. The third kappa shape index (κ3) is 5.20. The SMILES string of the molecule is CN(C)c1ccc(-c2cc([C@@H]3CN4CC[C@H]3C[C@@H]4CNC(=O)COc3ccccc3)n(C)n2)cc1. The van der Waals surface area contributed by atoms with Gasteiger partial charge in [-0.15, -0.1) is 0 Å². The van der Waals surface area contributed by atoms with E-state index in [0.29, 0.717) is 24.4 Å². The number of aryl methyl sites for hydroxylation is 1. The molecule has 1 amide bonds. The predicted molar refractivity (Wildman–Crippen MR) is 139 cm³/mol. The van der Waals surface area contributed by atoms with Gasteiger partial charge in [-0.3, -0.25) is 14.4 Å². The fourth-order valence-electron chi connectivity index (χ4n) is 5.53. The van der Waals surface area contributed by atoms with E-state index in [-0.39, 0.29) is 12.5 Å². The number of para-hydroxylation sites is 1. The topological polar surface area (TPSA) is 62.6 Å². The maximum Gasteiger partial charge on any atom is 0.257 e. The number of rotatable bonds is 8. The van der Waals surface area contributed by atoms with Crippen molar-refractivity contribution < 1.29 is 9.53 Å². The first-order chi connectivity index (χ1) is 17.0. The van der Waals surface area contributed by atoms with Crippen molar-refractivity contribution in [1.29, 1.82) is 0 Å². The minimum Gasteiger partial charge on any atom is -0.484 e. The molecular weight excluding hydrogens is 438 g/mol. The van der Waals surface area contributed by atoms with Crippen LogP contribution in [0, 0.1) is 5.92 Å². The van der Waals surface area contributed by atoms with Crippen LogP contribution in [0.4, 0.5) is 5.69 Å². The van der Waals surface area contributed by atoms with Crippen LogP contribution in [0.1, 0.15) is 24.5 Å². The lowest BCUT2D eigenvalue weighted by Gasteiger charge is -2.49. The first-order valence-corrected chi connectivity index (χ1v) is 12.5. The van der Waals surface area contributed by atoms with Gasteiger partial charge < -0.3 is 15.0 Å². The van der Waals surface area contributed by atoms with Gasteiger partial charge in [0.25, 0.3) is 5.91 Å². The van der Waals surface area contributed by atoms with Gasteiger partial charge in [-0.05, 0) is 55.6 Å². The van der Waals surface area contributed by atoms with Gasteiger partial charge in [-0.25, -0.2) is 0 Å². The van der Waals surface area contributed by atoms with Crippen molar-refractivity contribution >= 4 is 11.6 Å². The molecular formula is C28H35N5O2. The normalized spacial score (nSPS) is 23.2. The molecule has 7 heteroatoms. The van der Waals surface area contributed by atoms with Crippen LogP contribution in [0.25, 0.3) is 11.3 Å². The van der Waals surface area contributed by atoms with E-state index in [1.807, 2.05) is 30.3 Å². The van der Waals surface area contributed by atoms with E-state index in [2.05, 4.69) is 71.3 Å². The summed E-state index contributed by atoms with van der Waals surface area (Å²) in [5.74, 6) is 1.74. The summed E-state index contributed by atoms with van der Waals surface area (Å²) in [6, 6.07) is 20.7. The second kappa shape index (κ2) is 10.1. The number of nitrogens with one attached hydrogen (secondary N) is 1. The summed E-state index contributed by atoms with van der Waals surface area (Å²) in [5.41, 5.74) is 4.68. The van der Waals surface area contributed by atoms with E-state index in [9.17, 15) is 4.79 Å². The fourth-order valence-corrected chi connectivity index (χ4v) is 5.53. The van der Waals surface area contributed by atoms with Gasteiger partial charge in [0.2, 0.25) is 0 Å². The second-order valence-electron chi connectivity index (χ2n) is 9.96. The average molecular weight is 474 g/mol. The van der Waals surface area contributed by atoms with Crippen molar-refractivity contribution in [2.24, 2.45) is 13.0 Å². The van der Waals surface area contributed by atoms with Crippen molar-refractivity contribution in [2.45, 2.75) is 24.8 Å². The van der Waals surface area contributed by atoms with Crippen LogP contribution in [0.2, 0.25) is 0 Å². The van der Waals surface area contributed by atoms with Crippen LogP contribution in [-0.2, 0) is 11.8 Å². The highest BCUT2D eigenvalue weighted by Crippen LogP contribution is 2.42. The third-order valence-electron chi connectivity index (χ3n) is 7.50. The molecule has 35 heavy (non-hydrogen) atoms. The van der Waals surface area contributed by atoms with Gasteiger partial charge in [0.15, 0.2) is 6.61 Å². The average Bonchev–Trinajstić information content (AvgIpc) is 3.28. The number of nitrogens with zero attached hydrogens (tertiary/aromatic N) is 4. The highest BCUT2D eigenvalue weighted by Gasteiger charge is 2.41. The molecule has 7 nitrogen and oxygen atoms in total. The van der Waals surface area contributed by atoms with Gasteiger partial charge in [-0.2, -0.15) is 5.10 Å². The monoisotopic (exact) mass is 473 g/mol. The number of hydrogen-bond donors (Lipinski definition) is 1. The fraction of sp³-hybridized carbons (Fsp3) is 0.429. The van der Waals surface area contributed by atoms with Gasteiger partial charge in [-0.1, -0.05) is 30.3 Å². The highest BCUT2D eigenvalue weighted by atomic mass is 16.5. The zero-order valence-electron chi connectivity index (χ0n) is 20.9. The van der Waals surface area contributed by atoms with E-state index in [1.54, 1.807) is 0 Å². The number of aromatic nitrogens is 2. The van der Waals surface area contributed by atoms with E-state index in [1.165, 1.54) is 17.8 Å². The molecule has 2 aromatic carbocycles. The Morgan fingerprint density at radius 2 is 1.91 bits per heavy atom. The molecule has 1 aromatic heterocycles. The molecule has 0 spiro atoms. The molecule has 184 valence electrons. The van der Waals surface area contributed by atoms with E-state index in [4.69, 9.17) is 9.84 Å². The maximum atomic E-state index is 12.3. The number of anilines is 1. The first kappa shape index (κ1) is 23.4. The largest absolute Gasteiger partial charge is 0.484 e. The standard InChI is InChI=1S/C28H35N5O2/c1-31(2)22-11-9-20(10-12-22)26-16-27(32(3)30-26)25-18-33-14-13-21(25)15-23(33)17-29-28(34)19-35-24-7-5-4-6-8-24/h4-12,16,21,23,25H,13-15,17-19H2,1-3H3,(H,29,34)/t21-,23+,25+/m0/s1. The van der Waals surface area contributed by atoms with Crippen molar-refractivity contribution in [1.82, 2.24) is 20.0 Å². The summed E-state index contributed by atoms with van der Waals surface area (Å²) in [6.45, 7) is 2.84. The minimum absolute atomic E-state index is 0.0517. The Bertz CT molecular complexity index is 1140. The van der Waals surface area contributed by atoms with Gasteiger partial charge >= 0.3 is 0 Å². The maximum absolute atomic E-state index is 12.3. The smallest absolute Gasteiger partial charge is 0.257 e. The number of piperidine rings is 3. The van der Waals surface area contributed by atoms with Crippen LogP contribution < -0.4 is 15.0 Å². The first-order valence-electron chi connectivity index (χ1n) is 12.5. The van der Waals surface area contributed by atoms with Gasteiger partial charge in [0.1, 0.15) is 5.75 Å².